The summed E-state index contributed by atoms with van der Waals surface area (Å²) in [6.45, 7) is 4.71. The van der Waals surface area contributed by atoms with Crippen LogP contribution >= 0.6 is 0 Å². The van der Waals surface area contributed by atoms with Gasteiger partial charge in [0.15, 0.2) is 5.82 Å². The first-order valence-electron chi connectivity index (χ1n) is 9.83. The van der Waals surface area contributed by atoms with E-state index < -0.39 is 0 Å². The van der Waals surface area contributed by atoms with Crippen LogP contribution in [-0.4, -0.2) is 27.6 Å². The number of amides is 1. The zero-order valence-electron chi connectivity index (χ0n) is 16.5. The Balaban J connectivity index is 1.34. The van der Waals surface area contributed by atoms with Crippen LogP contribution in [0.4, 0.5) is 5.69 Å². The number of H-pyrrole nitrogens is 1. The summed E-state index contributed by atoms with van der Waals surface area (Å²) in [6.07, 6.45) is 2.95. The standard InChI is InChI=1S/C23H22N4O2/c1-14-7-8-18(9-15(14)2)27-13-17(11-22(27)28)23-25-21(29-26-23)10-16-12-24-20-6-4-3-5-19(16)20/h3-9,12,17,24H,10-11,13H2,1-2H3. The average molecular weight is 386 g/mol. The summed E-state index contributed by atoms with van der Waals surface area (Å²) in [5.41, 5.74) is 5.54. The third kappa shape index (κ3) is 3.20. The fourth-order valence-corrected chi connectivity index (χ4v) is 3.97. The van der Waals surface area contributed by atoms with Gasteiger partial charge in [0.1, 0.15) is 0 Å². The average Bonchev–Trinajstić information content (AvgIpc) is 3.44. The van der Waals surface area contributed by atoms with Crippen LogP contribution in [-0.2, 0) is 11.2 Å². The third-order valence-electron chi connectivity index (χ3n) is 5.79. The van der Waals surface area contributed by atoms with Gasteiger partial charge in [-0.25, -0.2) is 0 Å². The number of fused-ring (bicyclic) bond motifs is 1. The Hall–Kier alpha value is -3.41. The van der Waals surface area contributed by atoms with E-state index in [-0.39, 0.29) is 11.8 Å². The van der Waals surface area contributed by atoms with Crippen molar-refractivity contribution in [3.8, 4) is 0 Å². The lowest BCUT2D eigenvalue weighted by Gasteiger charge is -2.17. The van der Waals surface area contributed by atoms with Gasteiger partial charge in [-0.15, -0.1) is 0 Å². The van der Waals surface area contributed by atoms with Gasteiger partial charge in [0.05, 0.1) is 6.42 Å². The molecule has 0 saturated carbocycles. The molecule has 1 atom stereocenters. The number of aryl methyl sites for hydroxylation is 2. The van der Waals surface area contributed by atoms with Crippen molar-refractivity contribution >= 4 is 22.5 Å². The number of hydrogen-bond donors (Lipinski definition) is 1. The van der Waals surface area contributed by atoms with Crippen LogP contribution in [0.15, 0.2) is 53.2 Å². The largest absolute Gasteiger partial charge is 0.361 e. The predicted octanol–water partition coefficient (Wildman–Crippen LogP) is 4.28. The molecule has 3 heterocycles. The minimum absolute atomic E-state index is 0.0513. The van der Waals surface area contributed by atoms with E-state index in [1.54, 1.807) is 0 Å². The van der Waals surface area contributed by atoms with Crippen LogP contribution in [0.25, 0.3) is 10.9 Å². The molecule has 4 aromatic rings. The first kappa shape index (κ1) is 17.7. The van der Waals surface area contributed by atoms with Crippen molar-refractivity contribution in [2.75, 3.05) is 11.4 Å². The first-order chi connectivity index (χ1) is 14.1. The molecule has 1 fully saturated rings. The molecule has 0 aliphatic carbocycles. The molecule has 1 aliphatic heterocycles. The van der Waals surface area contributed by atoms with E-state index in [1.165, 1.54) is 11.1 Å². The Morgan fingerprint density at radius 2 is 2.03 bits per heavy atom. The molecule has 0 spiro atoms. The Morgan fingerprint density at radius 3 is 2.90 bits per heavy atom. The zero-order valence-corrected chi connectivity index (χ0v) is 16.5. The highest BCUT2D eigenvalue weighted by Gasteiger charge is 2.34. The number of aromatic amines is 1. The molecule has 146 valence electrons. The summed E-state index contributed by atoms with van der Waals surface area (Å²) in [5, 5.41) is 5.33. The van der Waals surface area contributed by atoms with E-state index in [0.29, 0.717) is 31.1 Å². The molecule has 2 aromatic heterocycles. The van der Waals surface area contributed by atoms with Crippen molar-refractivity contribution in [1.82, 2.24) is 15.1 Å². The molecule has 0 radical (unpaired) electrons. The Labute approximate surface area is 168 Å². The molecule has 6 nitrogen and oxygen atoms in total. The summed E-state index contributed by atoms with van der Waals surface area (Å²) >= 11 is 0. The predicted molar refractivity (Wildman–Crippen MR) is 111 cm³/mol. The number of rotatable bonds is 4. The van der Waals surface area contributed by atoms with Crippen molar-refractivity contribution in [1.29, 1.82) is 0 Å². The van der Waals surface area contributed by atoms with E-state index in [0.717, 1.165) is 22.2 Å². The smallest absolute Gasteiger partial charge is 0.231 e. The van der Waals surface area contributed by atoms with Crippen molar-refractivity contribution in [2.45, 2.75) is 32.6 Å². The molecule has 1 saturated heterocycles. The van der Waals surface area contributed by atoms with Gasteiger partial charge in [-0.05, 0) is 48.7 Å². The summed E-state index contributed by atoms with van der Waals surface area (Å²) in [6, 6.07) is 14.3. The monoisotopic (exact) mass is 386 g/mol. The normalized spacial score (nSPS) is 16.8. The Bertz CT molecular complexity index is 1210. The summed E-state index contributed by atoms with van der Waals surface area (Å²) in [4.78, 5) is 22.3. The van der Waals surface area contributed by atoms with Crippen LogP contribution in [0.2, 0.25) is 0 Å². The van der Waals surface area contributed by atoms with E-state index >= 15 is 0 Å². The van der Waals surface area contributed by atoms with Gasteiger partial charge in [0, 0.05) is 41.7 Å². The fourth-order valence-electron chi connectivity index (χ4n) is 3.97. The number of nitrogens with zero attached hydrogens (tertiary/aromatic N) is 3. The molecular formula is C23H22N4O2. The quantitative estimate of drug-likeness (QED) is 0.568. The molecule has 6 heteroatoms. The van der Waals surface area contributed by atoms with Crippen LogP contribution in [0.3, 0.4) is 0 Å². The van der Waals surface area contributed by atoms with Crippen molar-refractivity contribution in [2.24, 2.45) is 0 Å². The number of aromatic nitrogens is 3. The van der Waals surface area contributed by atoms with Crippen molar-refractivity contribution in [3.05, 3.63) is 77.1 Å². The maximum Gasteiger partial charge on any atom is 0.231 e. The van der Waals surface area contributed by atoms with Gasteiger partial charge in [-0.3, -0.25) is 4.79 Å². The maximum absolute atomic E-state index is 12.6. The van der Waals surface area contributed by atoms with Gasteiger partial charge in [0.25, 0.3) is 0 Å². The number of anilines is 1. The van der Waals surface area contributed by atoms with E-state index in [4.69, 9.17) is 4.52 Å². The lowest BCUT2D eigenvalue weighted by molar-refractivity contribution is -0.117. The lowest BCUT2D eigenvalue weighted by atomic mass is 10.1. The van der Waals surface area contributed by atoms with E-state index in [1.807, 2.05) is 35.4 Å². The van der Waals surface area contributed by atoms with Crippen LogP contribution in [0.5, 0.6) is 0 Å². The van der Waals surface area contributed by atoms with E-state index in [2.05, 4.69) is 47.2 Å². The van der Waals surface area contributed by atoms with Crippen LogP contribution < -0.4 is 4.90 Å². The van der Waals surface area contributed by atoms with Crippen molar-refractivity contribution in [3.63, 3.8) is 0 Å². The summed E-state index contributed by atoms with van der Waals surface area (Å²) < 4.78 is 5.51. The second kappa shape index (κ2) is 6.88. The van der Waals surface area contributed by atoms with Gasteiger partial charge >= 0.3 is 0 Å². The third-order valence-corrected chi connectivity index (χ3v) is 5.79. The van der Waals surface area contributed by atoms with Gasteiger partial charge in [0.2, 0.25) is 11.8 Å². The molecular weight excluding hydrogens is 364 g/mol. The molecule has 1 aliphatic rings. The molecule has 29 heavy (non-hydrogen) atoms. The zero-order chi connectivity index (χ0) is 20.0. The number of para-hydroxylation sites is 1. The molecule has 1 unspecified atom stereocenters. The highest BCUT2D eigenvalue weighted by atomic mass is 16.5. The molecule has 5 rings (SSSR count). The Morgan fingerprint density at radius 1 is 1.17 bits per heavy atom. The number of benzene rings is 2. The van der Waals surface area contributed by atoms with Gasteiger partial charge in [-0.1, -0.05) is 29.4 Å². The number of carbonyl (C=O) groups is 1. The van der Waals surface area contributed by atoms with Crippen LogP contribution in [0, 0.1) is 13.8 Å². The topological polar surface area (TPSA) is 75.0 Å². The first-order valence-corrected chi connectivity index (χ1v) is 9.83. The summed E-state index contributed by atoms with van der Waals surface area (Å²) in [7, 11) is 0. The lowest BCUT2D eigenvalue weighted by Crippen LogP contribution is -2.24. The van der Waals surface area contributed by atoms with E-state index in [9.17, 15) is 4.79 Å². The number of nitrogens with one attached hydrogen (secondary N) is 1. The molecule has 2 aromatic carbocycles. The molecule has 1 amide bonds. The SMILES string of the molecule is Cc1ccc(N2CC(c3noc(Cc4c[nH]c5ccccc45)n3)CC2=O)cc1C. The van der Waals surface area contributed by atoms with Gasteiger partial charge in [-0.2, -0.15) is 4.98 Å². The fraction of sp³-hybridized carbons (Fsp3) is 0.261. The van der Waals surface area contributed by atoms with Crippen molar-refractivity contribution < 1.29 is 9.32 Å². The second-order valence-corrected chi connectivity index (χ2v) is 7.76. The Kier molecular flexibility index (Phi) is 4.19. The summed E-state index contributed by atoms with van der Waals surface area (Å²) in [5.74, 6) is 1.23. The maximum atomic E-state index is 12.6. The molecule has 0 bridgehead atoms. The highest BCUT2D eigenvalue weighted by molar-refractivity contribution is 5.96. The number of carbonyl (C=O) groups excluding carboxylic acids is 1. The molecule has 1 N–H and O–H groups in total. The van der Waals surface area contributed by atoms with Crippen LogP contribution in [0.1, 0.15) is 40.7 Å². The number of hydrogen-bond acceptors (Lipinski definition) is 4. The highest BCUT2D eigenvalue weighted by Crippen LogP contribution is 2.31. The van der Waals surface area contributed by atoms with Gasteiger partial charge < -0.3 is 14.4 Å². The second-order valence-electron chi connectivity index (χ2n) is 7.76. The minimum atomic E-state index is -0.0513. The minimum Gasteiger partial charge on any atom is -0.361 e.